The molecule has 0 rings (SSSR count). The average Bonchev–Trinajstić information content (AvgIpc) is 2.68. The summed E-state index contributed by atoms with van der Waals surface area (Å²) in [6.45, 7) is 8.97. The molecule has 3 nitrogen and oxygen atoms in total. The molecule has 0 heterocycles. The highest BCUT2D eigenvalue weighted by atomic mass is 35.5. The van der Waals surface area contributed by atoms with Gasteiger partial charge < -0.3 is 4.90 Å². The third kappa shape index (κ3) is 23.7. The summed E-state index contributed by atoms with van der Waals surface area (Å²) < 4.78 is 0. The molecule has 0 saturated heterocycles. The monoisotopic (exact) mass is 415 g/mol. The van der Waals surface area contributed by atoms with Crippen LogP contribution in [0.15, 0.2) is 4.99 Å². The molecule has 0 atom stereocenters. The van der Waals surface area contributed by atoms with Gasteiger partial charge in [-0.3, -0.25) is 0 Å². The first kappa shape index (κ1) is 29.8. The van der Waals surface area contributed by atoms with Gasteiger partial charge in [-0.25, -0.2) is 10.4 Å². The summed E-state index contributed by atoms with van der Waals surface area (Å²) in [5, 5.41) is 6.89. The normalized spacial score (nSPS) is 10.7. The molecule has 0 radical (unpaired) electrons. The van der Waals surface area contributed by atoms with Crippen LogP contribution in [0, 0.1) is 5.41 Å². The van der Waals surface area contributed by atoms with E-state index in [0.717, 1.165) is 19.5 Å². The van der Waals surface area contributed by atoms with Crippen LogP contribution >= 0.6 is 12.4 Å². The first-order valence-corrected chi connectivity index (χ1v) is 12.2. The number of nitrogens with zero attached hydrogens (tertiary/aromatic N) is 2. The van der Waals surface area contributed by atoms with E-state index in [1.165, 1.54) is 116 Å². The van der Waals surface area contributed by atoms with Crippen LogP contribution in [0.2, 0.25) is 0 Å². The topological polar surface area (TPSA) is 39.5 Å². The van der Waals surface area contributed by atoms with E-state index in [-0.39, 0.29) is 12.4 Å². The van der Waals surface area contributed by atoms with Gasteiger partial charge in [0.15, 0.2) is 0 Å². The fraction of sp³-hybridized carbons (Fsp3) is 0.958. The number of unbranched alkanes of at least 4 members (excludes halogenated alkanes) is 14. The van der Waals surface area contributed by atoms with E-state index < -0.39 is 0 Å². The molecule has 0 aliphatic heterocycles. The Labute approximate surface area is 183 Å². The second-order valence-electron chi connectivity index (χ2n) is 8.14. The number of nitrogens with one attached hydrogen (secondary N) is 1. The quantitative estimate of drug-likeness (QED) is 0.140. The zero-order chi connectivity index (χ0) is 19.8. The maximum absolute atomic E-state index is 6.89. The largest absolute Gasteiger partial charge is 0.303 e. The van der Waals surface area contributed by atoms with Crippen molar-refractivity contribution in [3.63, 3.8) is 0 Å². The van der Waals surface area contributed by atoms with Gasteiger partial charge >= 0.3 is 0 Å². The minimum Gasteiger partial charge on any atom is -0.303 e. The Hall–Kier alpha value is -0.370. The van der Waals surface area contributed by atoms with Crippen LogP contribution in [0.5, 0.6) is 0 Å². The van der Waals surface area contributed by atoms with Crippen LogP contribution in [-0.2, 0) is 0 Å². The van der Waals surface area contributed by atoms with E-state index in [1.807, 2.05) is 0 Å². The highest BCUT2D eigenvalue weighted by molar-refractivity contribution is 5.85. The van der Waals surface area contributed by atoms with Gasteiger partial charge in [-0.1, -0.05) is 104 Å². The predicted octanol–water partition coefficient (Wildman–Crippen LogP) is 8.13. The molecule has 0 aromatic heterocycles. The standard InChI is InChI=1S/C24H49N3.ClH/c1-3-5-7-9-11-13-15-17-21-27(23-19-20-26-24-25)22-18-16-14-12-10-8-6-4-2;/h25H,3-23H2,1-2H3;1H. The number of hydrogen-bond donors (Lipinski definition) is 1. The second-order valence-corrected chi connectivity index (χ2v) is 8.14. The number of halogens is 1. The van der Waals surface area contributed by atoms with Crippen molar-refractivity contribution >= 4 is 18.4 Å². The van der Waals surface area contributed by atoms with Gasteiger partial charge in [-0.15, -0.1) is 12.4 Å². The number of rotatable bonds is 22. The highest BCUT2D eigenvalue weighted by Gasteiger charge is 2.04. The first-order chi connectivity index (χ1) is 13.3. The third-order valence-corrected chi connectivity index (χ3v) is 5.48. The fourth-order valence-electron chi connectivity index (χ4n) is 3.70. The van der Waals surface area contributed by atoms with Crippen molar-refractivity contribution in [3.8, 4) is 0 Å². The Morgan fingerprint density at radius 2 is 0.929 bits per heavy atom. The van der Waals surface area contributed by atoms with E-state index >= 15 is 0 Å². The van der Waals surface area contributed by atoms with E-state index in [0.29, 0.717) is 0 Å². The molecule has 4 heteroatoms. The first-order valence-electron chi connectivity index (χ1n) is 12.2. The lowest BCUT2D eigenvalue weighted by molar-refractivity contribution is 0.258. The zero-order valence-corrected chi connectivity index (χ0v) is 20.0. The summed E-state index contributed by atoms with van der Waals surface area (Å²) in [6, 6.07) is 2.16. The number of aliphatic imine (C=N–C) groups is 1. The van der Waals surface area contributed by atoms with Crippen molar-refractivity contribution in [3.05, 3.63) is 0 Å². The minimum atomic E-state index is 0. The number of hydrogen-bond acceptors (Lipinski definition) is 3. The molecule has 0 amide bonds. The van der Waals surface area contributed by atoms with E-state index in [1.54, 1.807) is 0 Å². The van der Waals surface area contributed by atoms with E-state index in [4.69, 9.17) is 5.41 Å². The SMILES string of the molecule is CCCCCCCCCCN(CCCCCCCCCC)CCCN=C=N.Cl. The maximum Gasteiger partial charge on any atom is 0.0861 e. The van der Waals surface area contributed by atoms with Crippen molar-refractivity contribution in [2.24, 2.45) is 4.99 Å². The summed E-state index contributed by atoms with van der Waals surface area (Å²) >= 11 is 0. The van der Waals surface area contributed by atoms with Gasteiger partial charge in [0.1, 0.15) is 0 Å². The average molecular weight is 416 g/mol. The zero-order valence-electron chi connectivity index (χ0n) is 19.2. The van der Waals surface area contributed by atoms with Crippen LogP contribution in [0.4, 0.5) is 0 Å². The molecule has 0 aliphatic rings. The molecule has 0 aliphatic carbocycles. The third-order valence-electron chi connectivity index (χ3n) is 5.48. The van der Waals surface area contributed by atoms with Crippen molar-refractivity contribution in [1.82, 2.24) is 4.90 Å². The molecule has 0 unspecified atom stereocenters. The van der Waals surface area contributed by atoms with Crippen molar-refractivity contribution < 1.29 is 0 Å². The van der Waals surface area contributed by atoms with Gasteiger partial charge in [-0.05, 0) is 38.9 Å². The van der Waals surface area contributed by atoms with Crippen LogP contribution in [-0.4, -0.2) is 37.1 Å². The van der Waals surface area contributed by atoms with Crippen molar-refractivity contribution in [2.45, 2.75) is 123 Å². The Morgan fingerprint density at radius 1 is 0.571 bits per heavy atom. The predicted molar refractivity (Wildman–Crippen MR) is 129 cm³/mol. The molecule has 0 bridgehead atoms. The minimum absolute atomic E-state index is 0. The van der Waals surface area contributed by atoms with Crippen molar-refractivity contribution in [2.75, 3.05) is 26.2 Å². The molecule has 0 aromatic rings. The smallest absolute Gasteiger partial charge is 0.0861 e. The van der Waals surface area contributed by atoms with E-state index in [2.05, 4.69) is 29.7 Å². The lowest BCUT2D eigenvalue weighted by Gasteiger charge is -2.22. The van der Waals surface area contributed by atoms with Gasteiger partial charge in [0.25, 0.3) is 0 Å². The maximum atomic E-state index is 6.89. The summed E-state index contributed by atoms with van der Waals surface area (Å²) in [7, 11) is 0. The van der Waals surface area contributed by atoms with Crippen LogP contribution in [0.25, 0.3) is 0 Å². The molecule has 0 aromatic carbocycles. The molecule has 0 spiro atoms. The Balaban J connectivity index is 0. The summed E-state index contributed by atoms with van der Waals surface area (Å²) in [5.41, 5.74) is 0. The molecule has 0 fully saturated rings. The Bertz CT molecular complexity index is 310. The molecule has 0 saturated carbocycles. The fourth-order valence-corrected chi connectivity index (χ4v) is 3.70. The lowest BCUT2D eigenvalue weighted by Crippen LogP contribution is -2.27. The van der Waals surface area contributed by atoms with Gasteiger partial charge in [0, 0.05) is 0 Å². The summed E-state index contributed by atoms with van der Waals surface area (Å²) in [6.07, 6.45) is 23.4. The van der Waals surface area contributed by atoms with Gasteiger partial charge in [0.2, 0.25) is 0 Å². The Morgan fingerprint density at radius 3 is 1.32 bits per heavy atom. The molecule has 168 valence electrons. The Kier molecular flexibility index (Phi) is 28.4. The molecular weight excluding hydrogens is 366 g/mol. The van der Waals surface area contributed by atoms with Gasteiger partial charge in [0.05, 0.1) is 12.6 Å². The molecule has 1 N–H and O–H groups in total. The highest BCUT2D eigenvalue weighted by Crippen LogP contribution is 2.11. The lowest BCUT2D eigenvalue weighted by atomic mass is 10.1. The summed E-state index contributed by atoms with van der Waals surface area (Å²) in [4.78, 5) is 6.57. The second kappa shape index (κ2) is 26.6. The van der Waals surface area contributed by atoms with Gasteiger partial charge in [-0.2, -0.15) is 0 Å². The van der Waals surface area contributed by atoms with Crippen LogP contribution < -0.4 is 0 Å². The summed E-state index contributed by atoms with van der Waals surface area (Å²) in [5.74, 6) is 0. The van der Waals surface area contributed by atoms with Crippen molar-refractivity contribution in [1.29, 1.82) is 5.41 Å². The van der Waals surface area contributed by atoms with Crippen LogP contribution in [0.1, 0.15) is 123 Å². The molecular formula is C24H50ClN3. The van der Waals surface area contributed by atoms with Crippen LogP contribution in [0.3, 0.4) is 0 Å². The van der Waals surface area contributed by atoms with E-state index in [9.17, 15) is 0 Å². The molecule has 28 heavy (non-hydrogen) atoms.